The summed E-state index contributed by atoms with van der Waals surface area (Å²) in [5.74, 6) is 0.864. The summed E-state index contributed by atoms with van der Waals surface area (Å²) in [7, 11) is 0. The number of anilines is 1. The molecule has 0 saturated heterocycles. The molecule has 3 rings (SSSR count). The fourth-order valence-electron chi connectivity index (χ4n) is 3.06. The Hall–Kier alpha value is -1.67. The van der Waals surface area contributed by atoms with Gasteiger partial charge in [0.15, 0.2) is 5.13 Å². The first-order chi connectivity index (χ1) is 13.7. The molecule has 8 heteroatoms. The number of fused-ring (bicyclic) bond motifs is 1. The number of likely N-dealkylation sites (N-methyl/N-ethyl adjacent to an activating group) is 1. The molecule has 0 unspecified atom stereocenters. The Bertz CT molecular complexity index is 895. The summed E-state index contributed by atoms with van der Waals surface area (Å²) in [6.45, 7) is 10.3. The monoisotopic (exact) mass is 453 g/mol. The number of nitrogens with zero attached hydrogens (tertiary/aromatic N) is 3. The van der Waals surface area contributed by atoms with Gasteiger partial charge in [0.05, 0.1) is 17.7 Å². The van der Waals surface area contributed by atoms with Crippen LogP contribution in [0.25, 0.3) is 10.2 Å². The Kier molecular flexibility index (Phi) is 9.36. The van der Waals surface area contributed by atoms with Crippen LogP contribution in [0.1, 0.15) is 25.6 Å². The number of aromatic nitrogens is 1. The summed E-state index contributed by atoms with van der Waals surface area (Å²) in [5, 5.41) is 2.76. The first kappa shape index (κ1) is 23.6. The third-order valence-electron chi connectivity index (χ3n) is 4.64. The van der Waals surface area contributed by atoms with E-state index in [1.54, 1.807) is 22.7 Å². The maximum atomic E-state index is 13.1. The SMILES string of the molecule is CCOc1cccc2sc(N(CCN(CC)CC)C(=O)Cc3cccs3)nc12.Cl. The van der Waals surface area contributed by atoms with Crippen molar-refractivity contribution in [2.75, 3.05) is 37.7 Å². The van der Waals surface area contributed by atoms with E-state index in [4.69, 9.17) is 9.72 Å². The van der Waals surface area contributed by atoms with E-state index in [1.165, 1.54) is 0 Å². The number of ether oxygens (including phenoxy) is 1. The van der Waals surface area contributed by atoms with Crippen LogP contribution in [-0.2, 0) is 11.2 Å². The molecular formula is C21H28ClN3O2S2. The van der Waals surface area contributed by atoms with Gasteiger partial charge in [-0.1, -0.05) is 37.3 Å². The smallest absolute Gasteiger partial charge is 0.234 e. The fourth-order valence-corrected chi connectivity index (χ4v) is 4.79. The molecule has 0 atom stereocenters. The van der Waals surface area contributed by atoms with E-state index in [0.717, 1.165) is 45.6 Å². The molecule has 5 nitrogen and oxygen atoms in total. The van der Waals surface area contributed by atoms with E-state index in [1.807, 2.05) is 47.5 Å². The van der Waals surface area contributed by atoms with Crippen molar-refractivity contribution in [3.8, 4) is 5.75 Å². The second-order valence-electron chi connectivity index (χ2n) is 6.36. The molecule has 0 saturated carbocycles. The molecule has 1 aromatic carbocycles. The maximum Gasteiger partial charge on any atom is 0.234 e. The van der Waals surface area contributed by atoms with Gasteiger partial charge in [-0.2, -0.15) is 0 Å². The number of halogens is 1. The van der Waals surface area contributed by atoms with Gasteiger partial charge in [-0.25, -0.2) is 4.98 Å². The zero-order chi connectivity index (χ0) is 19.9. The summed E-state index contributed by atoms with van der Waals surface area (Å²) in [6, 6.07) is 9.94. The van der Waals surface area contributed by atoms with Crippen molar-refractivity contribution in [1.82, 2.24) is 9.88 Å². The van der Waals surface area contributed by atoms with E-state index >= 15 is 0 Å². The highest BCUT2D eigenvalue weighted by atomic mass is 35.5. The lowest BCUT2D eigenvalue weighted by Gasteiger charge is -2.24. The number of hydrogen-bond acceptors (Lipinski definition) is 6. The van der Waals surface area contributed by atoms with Gasteiger partial charge >= 0.3 is 0 Å². The van der Waals surface area contributed by atoms with Crippen LogP contribution in [0.2, 0.25) is 0 Å². The number of rotatable bonds is 10. The number of carbonyl (C=O) groups is 1. The van der Waals surface area contributed by atoms with Crippen LogP contribution < -0.4 is 9.64 Å². The van der Waals surface area contributed by atoms with Crippen LogP contribution in [0.5, 0.6) is 5.75 Å². The summed E-state index contributed by atoms with van der Waals surface area (Å²) in [4.78, 5) is 23.2. The molecule has 0 fully saturated rings. The van der Waals surface area contributed by atoms with Crippen molar-refractivity contribution >= 4 is 56.3 Å². The molecule has 29 heavy (non-hydrogen) atoms. The van der Waals surface area contributed by atoms with Crippen molar-refractivity contribution in [3.63, 3.8) is 0 Å². The molecule has 3 aromatic rings. The summed E-state index contributed by atoms with van der Waals surface area (Å²) < 4.78 is 6.76. The fraction of sp³-hybridized carbons (Fsp3) is 0.429. The minimum Gasteiger partial charge on any atom is -0.492 e. The third-order valence-corrected chi connectivity index (χ3v) is 6.56. The largest absolute Gasteiger partial charge is 0.492 e. The van der Waals surface area contributed by atoms with E-state index < -0.39 is 0 Å². The molecule has 0 spiro atoms. The highest BCUT2D eigenvalue weighted by Gasteiger charge is 2.22. The molecule has 0 aliphatic rings. The van der Waals surface area contributed by atoms with Crippen LogP contribution in [0.4, 0.5) is 5.13 Å². The lowest BCUT2D eigenvalue weighted by Crippen LogP contribution is -2.39. The van der Waals surface area contributed by atoms with E-state index in [2.05, 4.69) is 18.7 Å². The van der Waals surface area contributed by atoms with Gasteiger partial charge in [0.2, 0.25) is 5.91 Å². The first-order valence-corrected chi connectivity index (χ1v) is 11.4. The molecule has 158 valence electrons. The van der Waals surface area contributed by atoms with E-state index in [9.17, 15) is 4.79 Å². The Morgan fingerprint density at radius 2 is 1.90 bits per heavy atom. The van der Waals surface area contributed by atoms with Gasteiger partial charge in [-0.15, -0.1) is 23.7 Å². The predicted molar refractivity (Wildman–Crippen MR) is 126 cm³/mol. The third kappa shape index (κ3) is 5.92. The van der Waals surface area contributed by atoms with Gasteiger partial charge in [-0.05, 0) is 43.6 Å². The maximum absolute atomic E-state index is 13.1. The van der Waals surface area contributed by atoms with E-state index in [0.29, 0.717) is 19.6 Å². The molecule has 0 aliphatic carbocycles. The molecule has 0 aliphatic heterocycles. The van der Waals surface area contributed by atoms with Crippen LogP contribution in [0.3, 0.4) is 0 Å². The van der Waals surface area contributed by atoms with Gasteiger partial charge < -0.3 is 9.64 Å². The molecule has 1 amide bonds. The van der Waals surface area contributed by atoms with Gasteiger partial charge in [0.25, 0.3) is 0 Å². The Balaban J connectivity index is 0.00000300. The Morgan fingerprint density at radius 3 is 2.55 bits per heavy atom. The number of benzene rings is 1. The number of carbonyl (C=O) groups excluding carboxylic acids is 1. The highest BCUT2D eigenvalue weighted by Crippen LogP contribution is 2.34. The summed E-state index contributed by atoms with van der Waals surface area (Å²) in [6.07, 6.45) is 0.407. The number of para-hydroxylation sites is 1. The number of thiophene rings is 1. The Morgan fingerprint density at radius 1 is 1.10 bits per heavy atom. The average molecular weight is 454 g/mol. The van der Waals surface area contributed by atoms with Crippen molar-refractivity contribution in [2.45, 2.75) is 27.2 Å². The van der Waals surface area contributed by atoms with Crippen molar-refractivity contribution < 1.29 is 9.53 Å². The lowest BCUT2D eigenvalue weighted by atomic mass is 10.3. The lowest BCUT2D eigenvalue weighted by molar-refractivity contribution is -0.118. The molecule has 0 radical (unpaired) electrons. The second kappa shape index (κ2) is 11.5. The molecule has 2 aromatic heterocycles. The van der Waals surface area contributed by atoms with Crippen molar-refractivity contribution in [1.29, 1.82) is 0 Å². The predicted octanol–water partition coefficient (Wildman–Crippen LogP) is 5.10. The average Bonchev–Trinajstić information content (AvgIpc) is 3.35. The topological polar surface area (TPSA) is 45.7 Å². The minimum atomic E-state index is 0. The molecule has 0 bridgehead atoms. The quantitative estimate of drug-likeness (QED) is 0.428. The summed E-state index contributed by atoms with van der Waals surface area (Å²) >= 11 is 3.17. The van der Waals surface area contributed by atoms with Crippen LogP contribution in [0, 0.1) is 0 Å². The zero-order valence-corrected chi connectivity index (χ0v) is 19.5. The van der Waals surface area contributed by atoms with Crippen LogP contribution in [0.15, 0.2) is 35.7 Å². The number of amides is 1. The van der Waals surface area contributed by atoms with Crippen LogP contribution >= 0.6 is 35.1 Å². The molecular weight excluding hydrogens is 426 g/mol. The highest BCUT2D eigenvalue weighted by molar-refractivity contribution is 7.22. The van der Waals surface area contributed by atoms with Crippen LogP contribution in [-0.4, -0.2) is 48.6 Å². The Labute approximate surface area is 186 Å². The zero-order valence-electron chi connectivity index (χ0n) is 17.1. The normalized spacial score (nSPS) is 10.9. The van der Waals surface area contributed by atoms with Crippen molar-refractivity contribution in [3.05, 3.63) is 40.6 Å². The summed E-state index contributed by atoms with van der Waals surface area (Å²) in [5.41, 5.74) is 0.834. The number of hydrogen-bond donors (Lipinski definition) is 0. The minimum absolute atomic E-state index is 0. The first-order valence-electron chi connectivity index (χ1n) is 9.73. The van der Waals surface area contributed by atoms with E-state index in [-0.39, 0.29) is 18.3 Å². The molecule has 0 N–H and O–H groups in total. The molecule has 2 heterocycles. The van der Waals surface area contributed by atoms with Gasteiger partial charge in [0.1, 0.15) is 11.3 Å². The van der Waals surface area contributed by atoms with Gasteiger partial charge in [0, 0.05) is 18.0 Å². The second-order valence-corrected chi connectivity index (χ2v) is 8.40. The standard InChI is InChI=1S/C21H27N3O2S2.ClH/c1-4-23(5-2)12-13-24(19(25)15-16-9-8-14-27-16)21-22-20-17(26-6-3)10-7-11-18(20)28-21;/h7-11,14H,4-6,12-13,15H2,1-3H3;1H. The number of thiazole rings is 1. The van der Waals surface area contributed by atoms with Gasteiger partial charge in [-0.3, -0.25) is 9.69 Å². The van der Waals surface area contributed by atoms with Crippen molar-refractivity contribution in [2.24, 2.45) is 0 Å².